The Morgan fingerprint density at radius 2 is 1.94 bits per heavy atom. The third-order valence-electron chi connectivity index (χ3n) is 6.70. The first kappa shape index (κ1) is 21.8. The number of amides is 4. The van der Waals surface area contributed by atoms with Crippen molar-refractivity contribution < 1.29 is 23.9 Å². The van der Waals surface area contributed by atoms with Crippen LogP contribution in [0.25, 0.3) is 0 Å². The Hall–Kier alpha value is -3.07. The molecule has 9 heteroatoms. The molecule has 1 spiro atoms. The highest BCUT2D eigenvalue weighted by Gasteiger charge is 2.52. The van der Waals surface area contributed by atoms with E-state index in [9.17, 15) is 14.4 Å². The van der Waals surface area contributed by atoms with Crippen molar-refractivity contribution in [1.29, 1.82) is 0 Å². The fourth-order valence-corrected chi connectivity index (χ4v) is 5.41. The summed E-state index contributed by atoms with van der Waals surface area (Å²) in [6, 6.07) is 8.75. The summed E-state index contributed by atoms with van der Waals surface area (Å²) in [5.41, 5.74) is -0.231. The molecular formula is C24H27N3O5S. The smallest absolute Gasteiger partial charge is 0.325 e. The number of benzene rings is 1. The fraction of sp³-hybridized carbons (Fsp3) is 0.458. The topological polar surface area (TPSA) is 88.2 Å². The Morgan fingerprint density at radius 1 is 1.18 bits per heavy atom. The van der Waals surface area contributed by atoms with Gasteiger partial charge < -0.3 is 19.7 Å². The van der Waals surface area contributed by atoms with Crippen LogP contribution < -0.4 is 19.7 Å². The van der Waals surface area contributed by atoms with E-state index in [0.29, 0.717) is 55.7 Å². The second kappa shape index (κ2) is 8.70. The lowest BCUT2D eigenvalue weighted by atomic mass is 9.77. The molecule has 3 aliphatic rings. The number of carbonyl (C=O) groups is 3. The summed E-state index contributed by atoms with van der Waals surface area (Å²) in [4.78, 5) is 43.1. The second-order valence-electron chi connectivity index (χ2n) is 8.97. The lowest BCUT2D eigenvalue weighted by Gasteiger charge is -2.33. The number of nitrogens with zero attached hydrogens (tertiary/aromatic N) is 2. The Morgan fingerprint density at radius 3 is 2.67 bits per heavy atom. The molecule has 4 amide bonds. The molecule has 8 nitrogen and oxygen atoms in total. The van der Waals surface area contributed by atoms with E-state index in [1.54, 1.807) is 34.4 Å². The number of imide groups is 1. The zero-order valence-electron chi connectivity index (χ0n) is 18.5. The molecule has 1 aromatic heterocycles. The molecule has 0 radical (unpaired) electrons. The number of ether oxygens (including phenoxy) is 2. The molecule has 0 unspecified atom stereocenters. The minimum absolute atomic E-state index is 0.286. The average Bonchev–Trinajstić information content (AvgIpc) is 3.42. The summed E-state index contributed by atoms with van der Waals surface area (Å²) in [6.07, 6.45) is 3.00. The third-order valence-corrected chi connectivity index (χ3v) is 7.56. The average molecular weight is 470 g/mol. The monoisotopic (exact) mass is 469 g/mol. The lowest BCUT2D eigenvalue weighted by Crippen LogP contribution is -2.50. The van der Waals surface area contributed by atoms with Gasteiger partial charge in [-0.3, -0.25) is 14.5 Å². The largest absolute Gasteiger partial charge is 0.486 e. The Kier molecular flexibility index (Phi) is 5.74. The summed E-state index contributed by atoms with van der Waals surface area (Å²) < 4.78 is 11.3. The zero-order chi connectivity index (χ0) is 23.0. The molecule has 1 saturated carbocycles. The number of thiophene rings is 1. The highest BCUT2D eigenvalue weighted by atomic mass is 32.1. The van der Waals surface area contributed by atoms with Crippen LogP contribution in [0.3, 0.4) is 0 Å². The van der Waals surface area contributed by atoms with Gasteiger partial charge in [0.1, 0.15) is 25.3 Å². The number of nitrogens with one attached hydrogen (secondary N) is 1. The van der Waals surface area contributed by atoms with Crippen molar-refractivity contribution in [2.24, 2.45) is 5.92 Å². The summed E-state index contributed by atoms with van der Waals surface area (Å²) >= 11 is 1.54. The van der Waals surface area contributed by atoms with Crippen molar-refractivity contribution in [2.75, 3.05) is 24.7 Å². The van der Waals surface area contributed by atoms with Crippen molar-refractivity contribution in [1.82, 2.24) is 10.2 Å². The Balaban J connectivity index is 1.38. The number of rotatable bonds is 5. The van der Waals surface area contributed by atoms with E-state index in [2.05, 4.69) is 12.2 Å². The van der Waals surface area contributed by atoms with E-state index in [-0.39, 0.29) is 18.4 Å². The minimum Gasteiger partial charge on any atom is -0.486 e. The first-order valence-corrected chi connectivity index (χ1v) is 12.2. The molecule has 2 aromatic rings. The second-order valence-corrected chi connectivity index (χ2v) is 10.0. The van der Waals surface area contributed by atoms with E-state index in [4.69, 9.17) is 9.47 Å². The van der Waals surface area contributed by atoms with Gasteiger partial charge in [-0.25, -0.2) is 4.79 Å². The molecule has 2 aliphatic heterocycles. The summed E-state index contributed by atoms with van der Waals surface area (Å²) in [7, 11) is 0. The van der Waals surface area contributed by atoms with Gasteiger partial charge >= 0.3 is 6.03 Å². The van der Waals surface area contributed by atoms with Gasteiger partial charge in [-0.1, -0.05) is 13.0 Å². The Labute approximate surface area is 196 Å². The maximum Gasteiger partial charge on any atom is 0.325 e. The van der Waals surface area contributed by atoms with E-state index in [0.717, 1.165) is 22.6 Å². The van der Waals surface area contributed by atoms with E-state index < -0.39 is 11.6 Å². The molecule has 0 bridgehead atoms. The van der Waals surface area contributed by atoms with Crippen LogP contribution in [0, 0.1) is 5.92 Å². The van der Waals surface area contributed by atoms with Crippen LogP contribution in [0.2, 0.25) is 0 Å². The molecule has 1 N–H and O–H groups in total. The number of carbonyl (C=O) groups excluding carboxylic acids is 3. The maximum atomic E-state index is 13.5. The number of urea groups is 1. The van der Waals surface area contributed by atoms with Crippen LogP contribution in [0.5, 0.6) is 11.5 Å². The van der Waals surface area contributed by atoms with Gasteiger partial charge in [0.05, 0.1) is 6.54 Å². The van der Waals surface area contributed by atoms with Crippen molar-refractivity contribution in [3.8, 4) is 11.5 Å². The molecule has 33 heavy (non-hydrogen) atoms. The standard InChI is InChI=1S/C24H27N3O5S/c1-16-6-8-24(9-7-16)22(29)27(23(30)25-24)15-21(28)26(14-18-3-2-12-33-18)17-4-5-19-20(13-17)32-11-10-31-19/h2-5,12-13,16H,6-11,14-15H2,1H3,(H,25,30). The molecule has 3 heterocycles. The van der Waals surface area contributed by atoms with Gasteiger partial charge in [0, 0.05) is 16.6 Å². The molecular weight excluding hydrogens is 442 g/mol. The van der Waals surface area contributed by atoms with E-state index in [1.165, 1.54) is 0 Å². The van der Waals surface area contributed by atoms with Crippen LogP contribution in [-0.2, 0) is 16.1 Å². The van der Waals surface area contributed by atoms with Crippen LogP contribution in [0.15, 0.2) is 35.7 Å². The fourth-order valence-electron chi connectivity index (χ4n) is 4.72. The molecule has 1 aromatic carbocycles. The van der Waals surface area contributed by atoms with Gasteiger partial charge in [0.25, 0.3) is 5.91 Å². The maximum absolute atomic E-state index is 13.5. The molecule has 1 aliphatic carbocycles. The van der Waals surface area contributed by atoms with Crippen molar-refractivity contribution >= 4 is 34.9 Å². The first-order valence-electron chi connectivity index (χ1n) is 11.3. The molecule has 0 atom stereocenters. The van der Waals surface area contributed by atoms with Crippen LogP contribution >= 0.6 is 11.3 Å². The quantitative estimate of drug-likeness (QED) is 0.677. The zero-order valence-corrected chi connectivity index (χ0v) is 19.4. The minimum atomic E-state index is -0.862. The van der Waals surface area contributed by atoms with Crippen LogP contribution in [0.1, 0.15) is 37.5 Å². The van der Waals surface area contributed by atoms with Gasteiger partial charge in [-0.2, -0.15) is 0 Å². The number of hydrogen-bond acceptors (Lipinski definition) is 6. The number of hydrogen-bond donors (Lipinski definition) is 1. The van der Waals surface area contributed by atoms with Gasteiger partial charge in [0.2, 0.25) is 5.91 Å². The molecule has 174 valence electrons. The van der Waals surface area contributed by atoms with Crippen molar-refractivity contribution in [3.63, 3.8) is 0 Å². The molecule has 2 fully saturated rings. The van der Waals surface area contributed by atoms with Crippen LogP contribution in [0.4, 0.5) is 10.5 Å². The Bertz CT molecular complexity index is 1060. The van der Waals surface area contributed by atoms with Crippen molar-refractivity contribution in [2.45, 2.75) is 44.7 Å². The number of fused-ring (bicyclic) bond motifs is 1. The normalized spacial score (nSPS) is 24.2. The van der Waals surface area contributed by atoms with Crippen LogP contribution in [-0.4, -0.2) is 48.0 Å². The molecule has 5 rings (SSSR count). The predicted molar refractivity (Wildman–Crippen MR) is 124 cm³/mol. The van der Waals surface area contributed by atoms with Gasteiger partial charge in [-0.15, -0.1) is 11.3 Å². The van der Waals surface area contributed by atoms with Crippen molar-refractivity contribution in [3.05, 3.63) is 40.6 Å². The number of anilines is 1. The highest BCUT2D eigenvalue weighted by molar-refractivity contribution is 7.09. The molecule has 1 saturated heterocycles. The van der Waals surface area contributed by atoms with Gasteiger partial charge in [0.15, 0.2) is 11.5 Å². The first-order chi connectivity index (χ1) is 15.9. The SMILES string of the molecule is CC1CCC2(CC1)NC(=O)N(CC(=O)N(Cc1cccs1)c1ccc3c(c1)OCCO3)C2=O. The predicted octanol–water partition coefficient (Wildman–Crippen LogP) is 3.55. The summed E-state index contributed by atoms with van der Waals surface area (Å²) in [6.45, 7) is 3.12. The highest BCUT2D eigenvalue weighted by Crippen LogP contribution is 2.37. The van der Waals surface area contributed by atoms with Gasteiger partial charge in [-0.05, 0) is 55.2 Å². The summed E-state index contributed by atoms with van der Waals surface area (Å²) in [5, 5.41) is 4.84. The third kappa shape index (κ3) is 4.17. The van der Waals surface area contributed by atoms with E-state index in [1.807, 2.05) is 17.5 Å². The summed E-state index contributed by atoms with van der Waals surface area (Å²) in [5.74, 6) is 1.13. The lowest BCUT2D eigenvalue weighted by molar-refractivity contribution is -0.135. The van der Waals surface area contributed by atoms with E-state index >= 15 is 0 Å².